The molecule has 213 valence electrons. The maximum atomic E-state index is 15.2. The maximum Gasteiger partial charge on any atom is 0 e. The van der Waals surface area contributed by atoms with Crippen molar-refractivity contribution in [2.75, 3.05) is 0 Å². The molecule has 0 unspecified atom stereocenters. The van der Waals surface area contributed by atoms with Crippen LogP contribution >= 0.6 is 0 Å². The number of pyridine rings is 1. The number of hydrogen-bond acceptors (Lipinski definition) is 3. The van der Waals surface area contributed by atoms with Gasteiger partial charge in [0.25, 0.3) is 0 Å². The quantitative estimate of drug-likeness (QED) is 0.0978. The van der Waals surface area contributed by atoms with Crippen molar-refractivity contribution in [3.8, 4) is 22.4 Å². The van der Waals surface area contributed by atoms with Crippen LogP contribution in [0.3, 0.4) is 0 Å². The Morgan fingerprint density at radius 1 is 1.00 bits per heavy atom. The number of allylic oxidation sites excluding steroid dienone is 2. The number of nitrogens with zero attached hydrogens (tertiary/aromatic N) is 1. The number of carbonyl (C=O) groups is 1. The van der Waals surface area contributed by atoms with Gasteiger partial charge in [-0.2, -0.15) is 0 Å². The molecule has 0 bridgehead atoms. The number of aliphatic hydroxyl groups is 1. The van der Waals surface area contributed by atoms with Crippen LogP contribution in [0.25, 0.3) is 33.2 Å². The summed E-state index contributed by atoms with van der Waals surface area (Å²) in [6, 6.07) is 21.9. The molecule has 0 fully saturated rings. The number of carbonyl (C=O) groups excluding carboxylic acids is 1. The first-order valence-electron chi connectivity index (χ1n) is 13.2. The van der Waals surface area contributed by atoms with Crippen LogP contribution in [-0.2, 0) is 30.3 Å². The normalized spacial score (nSPS) is 11.9. The average Bonchev–Trinajstić information content (AvgIpc) is 2.82. The molecule has 1 radical (unpaired) electrons. The van der Waals surface area contributed by atoms with Gasteiger partial charge in [-0.25, -0.2) is 0 Å². The zero-order valence-electron chi connectivity index (χ0n) is 24.9. The molecule has 6 heteroatoms. The van der Waals surface area contributed by atoms with Crippen molar-refractivity contribution in [3.05, 3.63) is 95.6 Å². The predicted molar refractivity (Wildman–Crippen MR) is 165 cm³/mol. The standard InChI is InChI=1S/C29H31FGeN.C5H8O2.Ir/c1-19-18-32-28(17-25(19)24-13-12-22(16-27(24)30)31(5,6)7)21-14-20-10-8-9-11-23(20)26(15-21)29(2,3)4;1-4(6)3-5(2)7;/h8-13,15-18H,1-7H3;3,6H,1-2H3;/q-1;;/b;4-3-;. The van der Waals surface area contributed by atoms with Gasteiger partial charge in [-0.3, -0.25) is 4.79 Å². The minimum absolute atomic E-state index is 0. The van der Waals surface area contributed by atoms with Gasteiger partial charge in [0.2, 0.25) is 0 Å². The number of aromatic nitrogens is 1. The van der Waals surface area contributed by atoms with E-state index in [1.54, 1.807) is 6.07 Å². The minimum Gasteiger partial charge on any atom is 0 e. The fourth-order valence-electron chi connectivity index (χ4n) is 4.44. The molecule has 1 heterocycles. The third-order valence-corrected chi connectivity index (χ3v) is 10.8. The summed E-state index contributed by atoms with van der Waals surface area (Å²) in [4.78, 5) is 14.7. The first-order chi connectivity index (χ1) is 18.1. The van der Waals surface area contributed by atoms with E-state index < -0.39 is 13.3 Å². The summed E-state index contributed by atoms with van der Waals surface area (Å²) < 4.78 is 16.4. The molecule has 0 saturated heterocycles. The summed E-state index contributed by atoms with van der Waals surface area (Å²) in [5.74, 6) is 6.64. The largest absolute Gasteiger partial charge is 0 e. The number of ketones is 1. The number of benzene rings is 3. The Morgan fingerprint density at radius 3 is 2.17 bits per heavy atom. The predicted octanol–water partition coefficient (Wildman–Crippen LogP) is 8.69. The van der Waals surface area contributed by atoms with E-state index in [1.807, 2.05) is 31.3 Å². The van der Waals surface area contributed by atoms with E-state index in [9.17, 15) is 4.79 Å². The van der Waals surface area contributed by atoms with Crippen LogP contribution in [0.15, 0.2) is 72.6 Å². The van der Waals surface area contributed by atoms with Crippen LogP contribution in [-0.4, -0.2) is 29.1 Å². The van der Waals surface area contributed by atoms with E-state index in [4.69, 9.17) is 10.1 Å². The topological polar surface area (TPSA) is 50.2 Å². The molecule has 0 aliphatic heterocycles. The second-order valence-corrected chi connectivity index (χ2v) is 22.8. The Kier molecular flexibility index (Phi) is 11.2. The van der Waals surface area contributed by atoms with Crippen LogP contribution < -0.4 is 4.40 Å². The van der Waals surface area contributed by atoms with E-state index >= 15 is 4.39 Å². The van der Waals surface area contributed by atoms with Gasteiger partial charge in [0.15, 0.2) is 5.78 Å². The van der Waals surface area contributed by atoms with Crippen molar-refractivity contribution in [2.24, 2.45) is 0 Å². The van der Waals surface area contributed by atoms with E-state index in [0.29, 0.717) is 5.56 Å². The second-order valence-electron chi connectivity index (χ2n) is 12.1. The molecule has 40 heavy (non-hydrogen) atoms. The van der Waals surface area contributed by atoms with Crippen molar-refractivity contribution < 1.29 is 34.4 Å². The van der Waals surface area contributed by atoms with E-state index in [0.717, 1.165) is 27.8 Å². The molecule has 0 aliphatic carbocycles. The number of fused-ring (bicyclic) bond motifs is 1. The molecule has 0 saturated carbocycles. The number of hydrogen-bond donors (Lipinski definition) is 1. The fraction of sp³-hybridized carbons (Fsp3) is 0.294. The monoisotopic (exact) mass is 779 g/mol. The smallest absolute Gasteiger partial charge is 0 e. The van der Waals surface area contributed by atoms with Crippen LogP contribution in [0.4, 0.5) is 4.39 Å². The molecule has 4 rings (SSSR count). The third-order valence-electron chi connectivity index (χ3n) is 6.50. The Labute approximate surface area is 254 Å². The Balaban J connectivity index is 0.000000623. The zero-order valence-corrected chi connectivity index (χ0v) is 29.4. The number of rotatable bonds is 4. The summed E-state index contributed by atoms with van der Waals surface area (Å²) in [7, 11) is 0. The second kappa shape index (κ2) is 13.4. The van der Waals surface area contributed by atoms with Gasteiger partial charge in [0, 0.05) is 26.2 Å². The third kappa shape index (κ3) is 8.45. The molecular formula is C34H39FGeIrNO2-. The van der Waals surface area contributed by atoms with Gasteiger partial charge in [-0.15, -0.1) is 0 Å². The maximum absolute atomic E-state index is 15.2. The Morgan fingerprint density at radius 2 is 1.65 bits per heavy atom. The number of halogens is 1. The van der Waals surface area contributed by atoms with Crippen LogP contribution in [0.5, 0.6) is 0 Å². The van der Waals surface area contributed by atoms with Gasteiger partial charge < -0.3 is 5.11 Å². The summed E-state index contributed by atoms with van der Waals surface area (Å²) >= 11 is -2.09. The minimum atomic E-state index is -2.09. The number of aliphatic hydroxyl groups excluding tert-OH is 1. The summed E-state index contributed by atoms with van der Waals surface area (Å²) in [6.07, 6.45) is 3.01. The molecule has 0 atom stereocenters. The van der Waals surface area contributed by atoms with Crippen molar-refractivity contribution >= 4 is 34.2 Å². The zero-order chi connectivity index (χ0) is 29.1. The van der Waals surface area contributed by atoms with Gasteiger partial charge in [-0.05, 0) is 13.8 Å². The van der Waals surface area contributed by atoms with Gasteiger partial charge in [-0.1, -0.05) is 6.07 Å². The molecule has 0 aliphatic rings. The Hall–Kier alpha value is -2.60. The van der Waals surface area contributed by atoms with Crippen LogP contribution in [0.2, 0.25) is 17.3 Å². The molecule has 1 N–H and O–H groups in total. The Bertz CT molecular complexity index is 1540. The van der Waals surface area contributed by atoms with Gasteiger partial charge in [0.05, 0.1) is 5.76 Å². The summed E-state index contributed by atoms with van der Waals surface area (Å²) in [5, 5.41) is 10.7. The first kappa shape index (κ1) is 33.6. The van der Waals surface area contributed by atoms with Crippen molar-refractivity contribution in [1.82, 2.24) is 4.98 Å². The van der Waals surface area contributed by atoms with Crippen molar-refractivity contribution in [2.45, 2.75) is 64.2 Å². The molecule has 0 amide bonds. The summed E-state index contributed by atoms with van der Waals surface area (Å²) in [6.45, 7) is 11.5. The number of aryl methyl sites for hydroxylation is 1. The van der Waals surface area contributed by atoms with E-state index in [2.05, 4.69) is 74.4 Å². The SMILES string of the molecule is CC(=O)/C=C(/C)O.Cc1cnc(-c2[c-]c3ccccc3c(C(C)(C)C)c2)cc1-c1cc[c]([Ge]([CH3])([CH3])[CH3])cc1F.[Ir]. The van der Waals surface area contributed by atoms with Crippen LogP contribution in [0, 0.1) is 18.8 Å². The molecule has 4 aromatic rings. The molecule has 0 spiro atoms. The average molecular weight is 778 g/mol. The fourth-order valence-corrected chi connectivity index (χ4v) is 6.84. The van der Waals surface area contributed by atoms with Gasteiger partial charge >= 0.3 is 188 Å². The van der Waals surface area contributed by atoms with Crippen molar-refractivity contribution in [3.63, 3.8) is 0 Å². The summed E-state index contributed by atoms with van der Waals surface area (Å²) in [5.41, 5.74) is 5.50. The van der Waals surface area contributed by atoms with Crippen LogP contribution in [0.1, 0.15) is 45.7 Å². The molecule has 1 aromatic heterocycles. The van der Waals surface area contributed by atoms with E-state index in [1.165, 1.54) is 35.3 Å². The van der Waals surface area contributed by atoms with Crippen molar-refractivity contribution in [1.29, 1.82) is 0 Å². The van der Waals surface area contributed by atoms with E-state index in [-0.39, 0.29) is 42.9 Å². The van der Waals surface area contributed by atoms with Gasteiger partial charge in [0.1, 0.15) is 0 Å². The molecule has 3 nitrogen and oxygen atoms in total. The molecular weight excluding hydrogens is 738 g/mol. The molecule has 3 aromatic carbocycles. The first-order valence-corrected chi connectivity index (χ1v) is 20.5.